The molecule has 226 valence electrons. The first-order valence-electron chi connectivity index (χ1n) is 14.3. The fraction of sp³-hybridized carbons (Fsp3) is 0.135. The monoisotopic (exact) mass is 684 g/mol. The first kappa shape index (κ1) is 30.1. The Morgan fingerprint density at radius 2 is 1.44 bits per heavy atom. The second kappa shape index (κ2) is 12.2. The molecular formula is C37H30N4O3Pd. The Labute approximate surface area is 275 Å². The molecule has 0 amide bonds. The van der Waals surface area contributed by atoms with Crippen LogP contribution >= 0.6 is 0 Å². The van der Waals surface area contributed by atoms with Gasteiger partial charge in [0, 0.05) is 34.5 Å². The summed E-state index contributed by atoms with van der Waals surface area (Å²) in [5.41, 5.74) is 7.45. The van der Waals surface area contributed by atoms with Crippen molar-refractivity contribution < 1.29 is 34.6 Å². The smallest absolute Gasteiger partial charge is 0.509 e. The summed E-state index contributed by atoms with van der Waals surface area (Å²) in [6.07, 6.45) is 1.83. The van der Waals surface area contributed by atoms with Crippen LogP contribution in [0.2, 0.25) is 0 Å². The van der Waals surface area contributed by atoms with E-state index in [1.807, 2.05) is 79.3 Å². The van der Waals surface area contributed by atoms with Crippen LogP contribution in [0.5, 0.6) is 23.0 Å². The Bertz CT molecular complexity index is 2160. The van der Waals surface area contributed by atoms with Gasteiger partial charge in [-0.05, 0) is 67.7 Å². The van der Waals surface area contributed by atoms with Gasteiger partial charge >= 0.3 is 20.4 Å². The normalized spacial score (nSPS) is 11.0. The van der Waals surface area contributed by atoms with Gasteiger partial charge in [0.2, 0.25) is 0 Å². The third-order valence-corrected chi connectivity index (χ3v) is 7.86. The quantitative estimate of drug-likeness (QED) is 0.125. The van der Waals surface area contributed by atoms with Crippen LogP contribution in [-0.4, -0.2) is 33.6 Å². The molecule has 0 unspecified atom stereocenters. The Morgan fingerprint density at radius 1 is 0.711 bits per heavy atom. The predicted molar refractivity (Wildman–Crippen MR) is 173 cm³/mol. The topological polar surface area (TPSA) is 63.3 Å². The van der Waals surface area contributed by atoms with Gasteiger partial charge in [-0.25, -0.2) is 4.98 Å². The number of fused-ring (bicyclic) bond motifs is 3. The maximum absolute atomic E-state index is 6.37. The van der Waals surface area contributed by atoms with E-state index in [0.717, 1.165) is 72.9 Å². The molecule has 0 radical (unpaired) electrons. The van der Waals surface area contributed by atoms with E-state index in [1.165, 1.54) is 0 Å². The molecule has 0 saturated carbocycles. The van der Waals surface area contributed by atoms with Crippen LogP contribution in [0.4, 0.5) is 0 Å². The number of methoxy groups -OCH3 is 2. The molecule has 0 N–H and O–H groups in total. The molecule has 0 fully saturated rings. The predicted octanol–water partition coefficient (Wildman–Crippen LogP) is 8.36. The average Bonchev–Trinajstić information content (AvgIpc) is 3.53. The second-order valence-electron chi connectivity index (χ2n) is 10.6. The molecule has 0 aliphatic rings. The molecule has 0 bridgehead atoms. The molecule has 4 aromatic carbocycles. The molecule has 0 spiro atoms. The van der Waals surface area contributed by atoms with Crippen LogP contribution in [0.25, 0.3) is 44.4 Å². The number of para-hydroxylation sites is 1. The van der Waals surface area contributed by atoms with E-state index in [9.17, 15) is 0 Å². The van der Waals surface area contributed by atoms with Crippen LogP contribution in [0.15, 0.2) is 91.1 Å². The van der Waals surface area contributed by atoms with Crippen LogP contribution < -0.4 is 14.2 Å². The molecule has 7 aromatic rings. The first-order valence-corrected chi connectivity index (χ1v) is 14.3. The van der Waals surface area contributed by atoms with Crippen molar-refractivity contribution >= 4 is 21.8 Å². The minimum atomic E-state index is 0. The summed E-state index contributed by atoms with van der Waals surface area (Å²) < 4.78 is 21.8. The molecule has 0 aliphatic heterocycles. The van der Waals surface area contributed by atoms with Crippen molar-refractivity contribution in [3.8, 4) is 45.6 Å². The number of nitrogens with zero attached hydrogens (tertiary/aromatic N) is 4. The maximum atomic E-state index is 6.37. The van der Waals surface area contributed by atoms with E-state index < -0.39 is 0 Å². The third-order valence-electron chi connectivity index (χ3n) is 7.86. The van der Waals surface area contributed by atoms with E-state index >= 15 is 0 Å². The molecule has 0 saturated heterocycles. The molecule has 3 heterocycles. The third kappa shape index (κ3) is 5.27. The molecule has 7 rings (SSSR count). The molecule has 0 atom stereocenters. The Morgan fingerprint density at radius 3 is 2.20 bits per heavy atom. The summed E-state index contributed by atoms with van der Waals surface area (Å²) in [5, 5.41) is 7.09. The van der Waals surface area contributed by atoms with Gasteiger partial charge in [-0.15, -0.1) is 35.7 Å². The first-order chi connectivity index (χ1) is 21.5. The number of pyridine rings is 1. The maximum Gasteiger partial charge on any atom is 2.00 e. The van der Waals surface area contributed by atoms with Crippen molar-refractivity contribution in [2.75, 3.05) is 14.2 Å². The average molecular weight is 685 g/mol. The van der Waals surface area contributed by atoms with E-state index in [4.69, 9.17) is 19.3 Å². The summed E-state index contributed by atoms with van der Waals surface area (Å²) in [6.45, 7) is 6.08. The molecular weight excluding hydrogens is 655 g/mol. The van der Waals surface area contributed by atoms with Gasteiger partial charge < -0.3 is 18.8 Å². The van der Waals surface area contributed by atoms with Crippen LogP contribution in [0, 0.1) is 32.9 Å². The molecule has 3 aromatic heterocycles. The molecule has 7 nitrogen and oxygen atoms in total. The number of aryl methyl sites for hydroxylation is 2. The number of ether oxygens (including phenoxy) is 3. The van der Waals surface area contributed by atoms with Crippen molar-refractivity contribution in [3.05, 3.63) is 120 Å². The minimum Gasteiger partial charge on any atom is -0.509 e. The number of aromatic nitrogens is 4. The fourth-order valence-electron chi connectivity index (χ4n) is 5.89. The summed E-state index contributed by atoms with van der Waals surface area (Å²) in [5.74, 6) is 3.42. The van der Waals surface area contributed by atoms with Crippen LogP contribution in [-0.2, 0) is 20.4 Å². The summed E-state index contributed by atoms with van der Waals surface area (Å²) in [7, 11) is 3.32. The summed E-state index contributed by atoms with van der Waals surface area (Å²) in [4.78, 5) is 4.67. The van der Waals surface area contributed by atoms with Crippen LogP contribution in [0.3, 0.4) is 0 Å². The SMILES string of the molecule is COc1cccc(OC)c1-c1c(C)nn(-c2[c-]c(Oc3[c-]c4c(cc3)c3ccccc3n4-c3cc(C)ccn3)ccc2)c1C.[Pd+2]. The van der Waals surface area contributed by atoms with Crippen molar-refractivity contribution in [2.45, 2.75) is 20.8 Å². The van der Waals surface area contributed by atoms with Crippen LogP contribution in [0.1, 0.15) is 17.0 Å². The van der Waals surface area contributed by atoms with E-state index in [2.05, 4.69) is 58.9 Å². The van der Waals surface area contributed by atoms with Gasteiger partial charge in [-0.1, -0.05) is 29.8 Å². The number of benzene rings is 4. The Balaban J connectivity index is 0.00000357. The van der Waals surface area contributed by atoms with Crippen molar-refractivity contribution in [2.24, 2.45) is 0 Å². The minimum absolute atomic E-state index is 0. The number of hydrogen-bond acceptors (Lipinski definition) is 5. The summed E-state index contributed by atoms with van der Waals surface area (Å²) >= 11 is 0. The standard InChI is InChI=1S/C37H30N4O3.Pd/c1-23-18-19-38-35(20-23)40-31-13-7-6-12-29(31)30-17-16-28(22-32(30)40)44-27-11-8-10-26(21-27)41-25(3)36(24(2)39-41)37-33(42-4)14-9-15-34(37)43-5;/h6-20H,1-5H3;/q-2;+2. The van der Waals surface area contributed by atoms with Gasteiger partial charge in [0.05, 0.1) is 25.5 Å². The van der Waals surface area contributed by atoms with Crippen molar-refractivity contribution in [1.82, 2.24) is 19.3 Å². The molecule has 8 heteroatoms. The zero-order valence-corrected chi connectivity index (χ0v) is 27.0. The Kier molecular flexibility index (Phi) is 8.20. The van der Waals surface area contributed by atoms with Crippen molar-refractivity contribution in [3.63, 3.8) is 0 Å². The van der Waals surface area contributed by atoms with Gasteiger partial charge in [0.1, 0.15) is 17.3 Å². The van der Waals surface area contributed by atoms with E-state index in [0.29, 0.717) is 11.5 Å². The van der Waals surface area contributed by atoms with Gasteiger partial charge in [0.25, 0.3) is 0 Å². The zero-order chi connectivity index (χ0) is 30.4. The Hall–Kier alpha value is -4.90. The largest absolute Gasteiger partial charge is 2.00 e. The molecule has 45 heavy (non-hydrogen) atoms. The van der Waals surface area contributed by atoms with Crippen molar-refractivity contribution in [1.29, 1.82) is 0 Å². The number of rotatable bonds is 7. The zero-order valence-electron chi connectivity index (χ0n) is 25.5. The molecule has 0 aliphatic carbocycles. The summed E-state index contributed by atoms with van der Waals surface area (Å²) in [6, 6.07) is 34.9. The second-order valence-corrected chi connectivity index (χ2v) is 10.6. The van der Waals surface area contributed by atoms with E-state index in [1.54, 1.807) is 14.2 Å². The van der Waals surface area contributed by atoms with Gasteiger partial charge in [-0.2, -0.15) is 17.2 Å². The van der Waals surface area contributed by atoms with Gasteiger partial charge in [0.15, 0.2) is 0 Å². The van der Waals surface area contributed by atoms with Gasteiger partial charge in [-0.3, -0.25) is 4.68 Å². The number of hydrogen-bond donors (Lipinski definition) is 0. The fourth-order valence-corrected chi connectivity index (χ4v) is 5.89. The van der Waals surface area contributed by atoms with E-state index in [-0.39, 0.29) is 20.4 Å².